The lowest BCUT2D eigenvalue weighted by atomic mass is 9.89. The average molecular weight is 855 g/mol. The summed E-state index contributed by atoms with van der Waals surface area (Å²) >= 11 is 0. The zero-order valence-electron chi connectivity index (χ0n) is 35.1. The topological polar surface area (TPSA) is 255 Å². The molecule has 8 atom stereocenters. The lowest BCUT2D eigenvalue weighted by Crippen LogP contribution is -2.63. The number of aryl methyl sites for hydroxylation is 1. The molecule has 6 N–H and O–H groups in total. The maximum absolute atomic E-state index is 12.9. The van der Waals surface area contributed by atoms with E-state index in [1.54, 1.807) is 58.9 Å². The van der Waals surface area contributed by atoms with Gasteiger partial charge in [0.25, 0.3) is 0 Å². The molecule has 4 heterocycles. The molecule has 0 aliphatic carbocycles. The Bertz CT molecular complexity index is 2340. The number of aliphatic hydroxyl groups excluding tert-OH is 4. The number of hydrogen-bond donors (Lipinski definition) is 6. The first-order valence-electron chi connectivity index (χ1n) is 20.1. The van der Waals surface area contributed by atoms with Crippen LogP contribution in [-0.2, 0) is 28.5 Å². The smallest absolute Gasteiger partial charge is 0.360 e. The SMILES string of the molecule is CO[C@@H]1[C@@H](O)[C@@H](O)[C@H](Oc2ccc3cc(NC(=O)CCCCCCC(=O)Nc4cc5ccc(O[C@H]6OC(C)(C)[C@@H](OC)[C@H](O)[C@@H]6O)cc5oc4=O)c(=O)oc3c2C)OC1(C)C. The number of methoxy groups -OCH3 is 2. The van der Waals surface area contributed by atoms with E-state index in [0.29, 0.717) is 42.0 Å². The normalized spacial score (nSPS) is 25.9. The molecule has 0 unspecified atom stereocenters. The number of anilines is 2. The summed E-state index contributed by atoms with van der Waals surface area (Å²) in [5, 5.41) is 48.5. The fourth-order valence-electron chi connectivity index (χ4n) is 7.79. The van der Waals surface area contributed by atoms with E-state index in [9.17, 15) is 39.6 Å². The predicted molar refractivity (Wildman–Crippen MR) is 219 cm³/mol. The number of rotatable bonds is 15. The van der Waals surface area contributed by atoms with Crippen molar-refractivity contribution in [3.63, 3.8) is 0 Å². The number of nitrogens with one attached hydrogen (secondary N) is 2. The number of carbonyl (C=O) groups excluding carboxylic acids is 2. The van der Waals surface area contributed by atoms with Gasteiger partial charge < -0.3 is 68.3 Å². The zero-order valence-corrected chi connectivity index (χ0v) is 35.1. The highest BCUT2D eigenvalue weighted by atomic mass is 16.7. The zero-order chi connectivity index (χ0) is 44.4. The number of aliphatic hydroxyl groups is 4. The third-order valence-electron chi connectivity index (χ3n) is 11.0. The van der Waals surface area contributed by atoms with Crippen LogP contribution in [0.25, 0.3) is 21.9 Å². The molecule has 2 aliphatic heterocycles. The van der Waals surface area contributed by atoms with E-state index in [-0.39, 0.29) is 58.7 Å². The van der Waals surface area contributed by atoms with Crippen LogP contribution in [0, 0.1) is 6.92 Å². The molecule has 2 aromatic heterocycles. The van der Waals surface area contributed by atoms with Crippen molar-refractivity contribution in [3.8, 4) is 11.5 Å². The number of ether oxygens (including phenoxy) is 6. The maximum atomic E-state index is 12.9. The minimum absolute atomic E-state index is 0.0320. The van der Waals surface area contributed by atoms with Crippen LogP contribution in [-0.4, -0.2) is 107 Å². The van der Waals surface area contributed by atoms with Crippen molar-refractivity contribution in [1.82, 2.24) is 0 Å². The fraction of sp³-hybridized carbons (Fsp3) is 0.535. The Labute approximate surface area is 350 Å². The molecule has 2 amide bonds. The molecule has 61 heavy (non-hydrogen) atoms. The van der Waals surface area contributed by atoms with Crippen LogP contribution in [0.4, 0.5) is 11.4 Å². The Kier molecular flexibility index (Phi) is 13.9. The molecule has 4 aromatic rings. The highest BCUT2D eigenvalue weighted by Gasteiger charge is 2.51. The molecule has 2 fully saturated rings. The molecule has 332 valence electrons. The Morgan fingerprint density at radius 3 is 1.69 bits per heavy atom. The summed E-state index contributed by atoms with van der Waals surface area (Å²) < 4.78 is 45.1. The maximum Gasteiger partial charge on any atom is 0.360 e. The molecule has 2 aliphatic rings. The minimum Gasteiger partial charge on any atom is -0.462 e. The molecule has 0 bridgehead atoms. The van der Waals surface area contributed by atoms with Gasteiger partial charge in [-0.15, -0.1) is 0 Å². The van der Waals surface area contributed by atoms with Crippen LogP contribution in [0.15, 0.2) is 60.9 Å². The summed E-state index contributed by atoms with van der Waals surface area (Å²) in [6, 6.07) is 10.9. The van der Waals surface area contributed by atoms with Crippen LogP contribution in [0.3, 0.4) is 0 Å². The van der Waals surface area contributed by atoms with Crippen molar-refractivity contribution in [1.29, 1.82) is 0 Å². The molecule has 6 rings (SSSR count). The molecular formula is C43H54N2O16. The second kappa shape index (κ2) is 18.6. The van der Waals surface area contributed by atoms with Crippen molar-refractivity contribution < 1.29 is 67.3 Å². The van der Waals surface area contributed by atoms with E-state index < -0.39 is 71.7 Å². The number of benzene rings is 2. The Balaban J connectivity index is 0.941. The van der Waals surface area contributed by atoms with Crippen molar-refractivity contribution in [2.75, 3.05) is 24.9 Å². The molecule has 18 nitrogen and oxygen atoms in total. The van der Waals surface area contributed by atoms with Crippen LogP contribution < -0.4 is 31.4 Å². The third kappa shape index (κ3) is 10.1. The van der Waals surface area contributed by atoms with Gasteiger partial charge in [-0.05, 0) is 83.9 Å². The first kappa shape index (κ1) is 45.6. The summed E-state index contributed by atoms with van der Waals surface area (Å²) in [6.07, 6.45) is -6.92. The van der Waals surface area contributed by atoms with Crippen LogP contribution in [0.5, 0.6) is 11.5 Å². The summed E-state index contributed by atoms with van der Waals surface area (Å²) in [6.45, 7) is 8.48. The monoisotopic (exact) mass is 854 g/mol. The summed E-state index contributed by atoms with van der Waals surface area (Å²) in [5.41, 5.74) is -2.73. The van der Waals surface area contributed by atoms with Gasteiger partial charge in [0.1, 0.15) is 70.7 Å². The second-order valence-corrected chi connectivity index (χ2v) is 16.4. The molecule has 0 saturated carbocycles. The van der Waals surface area contributed by atoms with Gasteiger partial charge in [-0.2, -0.15) is 0 Å². The number of amides is 2. The molecule has 2 saturated heterocycles. The first-order valence-corrected chi connectivity index (χ1v) is 20.1. The summed E-state index contributed by atoms with van der Waals surface area (Å²) in [5.74, 6) is -0.295. The van der Waals surface area contributed by atoms with Crippen molar-refractivity contribution in [2.24, 2.45) is 0 Å². The fourth-order valence-corrected chi connectivity index (χ4v) is 7.79. The van der Waals surface area contributed by atoms with Crippen LogP contribution >= 0.6 is 0 Å². The largest absolute Gasteiger partial charge is 0.462 e. The highest BCUT2D eigenvalue weighted by molar-refractivity contribution is 5.94. The van der Waals surface area contributed by atoms with Gasteiger partial charge >= 0.3 is 11.3 Å². The first-order chi connectivity index (χ1) is 28.8. The number of unbranched alkanes of at least 4 members (excludes halogenated alkanes) is 3. The van der Waals surface area contributed by atoms with E-state index in [2.05, 4.69) is 10.6 Å². The minimum atomic E-state index is -1.42. The molecular weight excluding hydrogens is 800 g/mol. The highest BCUT2D eigenvalue weighted by Crippen LogP contribution is 2.36. The second-order valence-electron chi connectivity index (χ2n) is 16.4. The quantitative estimate of drug-likeness (QED) is 0.0737. The number of fused-ring (bicyclic) bond motifs is 2. The van der Waals surface area contributed by atoms with E-state index >= 15 is 0 Å². The van der Waals surface area contributed by atoms with E-state index in [0.717, 1.165) is 0 Å². The van der Waals surface area contributed by atoms with Gasteiger partial charge in [-0.1, -0.05) is 12.8 Å². The van der Waals surface area contributed by atoms with Crippen LogP contribution in [0.1, 0.15) is 71.8 Å². The Morgan fingerprint density at radius 1 is 0.656 bits per heavy atom. The van der Waals surface area contributed by atoms with Crippen molar-refractivity contribution >= 4 is 45.1 Å². The summed E-state index contributed by atoms with van der Waals surface area (Å²) in [4.78, 5) is 51.0. The van der Waals surface area contributed by atoms with Crippen molar-refractivity contribution in [2.45, 2.75) is 134 Å². The summed E-state index contributed by atoms with van der Waals surface area (Å²) in [7, 11) is 2.82. The van der Waals surface area contributed by atoms with Crippen molar-refractivity contribution in [3.05, 3.63) is 68.9 Å². The van der Waals surface area contributed by atoms with Gasteiger partial charge in [-0.25, -0.2) is 9.59 Å². The average Bonchev–Trinajstić information content (AvgIpc) is 3.19. The number of hydrogen-bond acceptors (Lipinski definition) is 16. The van der Waals surface area contributed by atoms with Gasteiger partial charge in [0.15, 0.2) is 0 Å². The van der Waals surface area contributed by atoms with E-state index in [1.165, 1.54) is 32.4 Å². The molecule has 0 spiro atoms. The lowest BCUT2D eigenvalue weighted by Gasteiger charge is -2.46. The van der Waals surface area contributed by atoms with Crippen LogP contribution in [0.2, 0.25) is 0 Å². The Morgan fingerprint density at radius 2 is 1.15 bits per heavy atom. The van der Waals surface area contributed by atoms with Gasteiger partial charge in [0.05, 0.1) is 11.2 Å². The van der Waals surface area contributed by atoms with E-state index in [1.807, 2.05) is 0 Å². The van der Waals surface area contributed by atoms with E-state index in [4.69, 9.17) is 37.3 Å². The van der Waals surface area contributed by atoms with Gasteiger partial charge in [0.2, 0.25) is 24.4 Å². The lowest BCUT2D eigenvalue weighted by molar-refractivity contribution is -0.306. The predicted octanol–water partition coefficient (Wildman–Crippen LogP) is 3.63. The molecule has 18 heteroatoms. The number of carbonyl (C=O) groups is 2. The molecule has 2 aromatic carbocycles. The van der Waals surface area contributed by atoms with Gasteiger partial charge in [-0.3, -0.25) is 9.59 Å². The standard InChI is InChI=1S/C43H54N2O16/c1-21-27(58-41-34(51)32(49)37(55-7)43(4,5)61-41)17-15-23-19-26(39(53)59-35(21)23)45-30(47)13-11-9-8-10-12-29(46)44-25-18-22-14-16-24(20-28(22)57-38(25)52)56-40-33(50)31(48)36(54-6)42(2,3)60-40/h14-20,31-34,36-37,40-41,48-51H,8-13H2,1-7H3,(H,44,46)(H,45,47)/t31-,32+,33+,34-,36+,37-,40+,41-/m1/s1. The third-order valence-corrected chi connectivity index (χ3v) is 11.0. The molecule has 0 radical (unpaired) electrons. The van der Waals surface area contributed by atoms with Gasteiger partial charge in [0, 0.05) is 49.5 Å². The Hall–Kier alpha value is -4.92.